The van der Waals surface area contributed by atoms with E-state index in [0.29, 0.717) is 28.6 Å². The molecule has 0 aliphatic rings. The minimum atomic E-state index is -4.43. The van der Waals surface area contributed by atoms with Crippen molar-refractivity contribution < 1.29 is 27.5 Å². The van der Waals surface area contributed by atoms with Crippen molar-refractivity contribution in [1.29, 1.82) is 0 Å². The van der Waals surface area contributed by atoms with Crippen molar-refractivity contribution in [1.82, 2.24) is 10.3 Å². The standard InChI is InChI=1S/C27H23F3N4O3S/c28-27(29,30)20-9-5-11-22(15-20)33-25-34-23(17-38-25)19-8-4-10-21(14-19)32-24(35)12-13-37-26(36)31-16-18-6-2-1-3-7-18/h1-11,14-15,17H,12-13,16H2,(H,31,36)(H,32,35)(H,33,34). The molecule has 3 N–H and O–H groups in total. The van der Waals surface area contributed by atoms with Gasteiger partial charge in [-0.1, -0.05) is 48.5 Å². The fourth-order valence-electron chi connectivity index (χ4n) is 3.40. The van der Waals surface area contributed by atoms with Gasteiger partial charge >= 0.3 is 12.3 Å². The van der Waals surface area contributed by atoms with Crippen LogP contribution < -0.4 is 16.0 Å². The first kappa shape index (κ1) is 26.7. The summed E-state index contributed by atoms with van der Waals surface area (Å²) in [5.74, 6) is -0.330. The zero-order valence-corrected chi connectivity index (χ0v) is 20.7. The molecule has 4 aromatic rings. The number of nitrogens with one attached hydrogen (secondary N) is 3. The highest BCUT2D eigenvalue weighted by Crippen LogP contribution is 2.33. The summed E-state index contributed by atoms with van der Waals surface area (Å²) in [5.41, 5.74) is 2.30. The third-order valence-electron chi connectivity index (χ3n) is 5.23. The Morgan fingerprint density at radius 1 is 0.921 bits per heavy atom. The lowest BCUT2D eigenvalue weighted by atomic mass is 10.1. The number of anilines is 3. The second kappa shape index (κ2) is 12.2. The topological polar surface area (TPSA) is 92.4 Å². The van der Waals surface area contributed by atoms with Crippen LogP contribution in [0.2, 0.25) is 0 Å². The highest BCUT2D eigenvalue weighted by Gasteiger charge is 2.30. The largest absolute Gasteiger partial charge is 0.449 e. The van der Waals surface area contributed by atoms with E-state index in [4.69, 9.17) is 4.74 Å². The summed E-state index contributed by atoms with van der Waals surface area (Å²) in [6.07, 6.45) is -5.07. The lowest BCUT2D eigenvalue weighted by Gasteiger charge is -2.09. The van der Waals surface area contributed by atoms with Crippen LogP contribution in [0.3, 0.4) is 0 Å². The number of carbonyl (C=O) groups is 2. The molecule has 1 aromatic heterocycles. The third kappa shape index (κ3) is 7.81. The summed E-state index contributed by atoms with van der Waals surface area (Å²) in [4.78, 5) is 28.6. The first-order valence-electron chi connectivity index (χ1n) is 11.5. The SMILES string of the molecule is O=C(CCOC(=O)NCc1ccccc1)Nc1cccc(-c2csc(Nc3cccc(C(F)(F)F)c3)n2)c1. The van der Waals surface area contributed by atoms with E-state index in [1.54, 1.807) is 29.6 Å². The van der Waals surface area contributed by atoms with Crippen LogP contribution in [0.1, 0.15) is 17.5 Å². The Labute approximate surface area is 220 Å². The second-order valence-electron chi connectivity index (χ2n) is 8.10. The zero-order valence-electron chi connectivity index (χ0n) is 19.9. The maximum absolute atomic E-state index is 13.0. The average molecular weight is 541 g/mol. The van der Waals surface area contributed by atoms with Gasteiger partial charge in [-0.25, -0.2) is 9.78 Å². The van der Waals surface area contributed by atoms with E-state index < -0.39 is 17.8 Å². The molecule has 11 heteroatoms. The fraction of sp³-hybridized carbons (Fsp3) is 0.148. The summed E-state index contributed by atoms with van der Waals surface area (Å²) >= 11 is 1.24. The molecule has 0 radical (unpaired) electrons. The van der Waals surface area contributed by atoms with Crippen LogP contribution in [-0.2, 0) is 22.3 Å². The van der Waals surface area contributed by atoms with E-state index in [1.807, 2.05) is 30.3 Å². The van der Waals surface area contributed by atoms with E-state index in [0.717, 1.165) is 17.7 Å². The minimum absolute atomic E-state index is 0.0231. The number of carbonyl (C=O) groups excluding carboxylic acids is 2. The molecule has 7 nitrogen and oxygen atoms in total. The fourth-order valence-corrected chi connectivity index (χ4v) is 4.14. The van der Waals surface area contributed by atoms with Gasteiger partial charge in [0.25, 0.3) is 0 Å². The summed E-state index contributed by atoms with van der Waals surface area (Å²) in [6, 6.07) is 21.2. The van der Waals surface area contributed by atoms with Gasteiger partial charge in [-0.3, -0.25) is 4.79 Å². The van der Waals surface area contributed by atoms with Crippen molar-refractivity contribution in [3.63, 3.8) is 0 Å². The van der Waals surface area contributed by atoms with E-state index >= 15 is 0 Å². The van der Waals surface area contributed by atoms with Gasteiger partial charge in [-0.2, -0.15) is 13.2 Å². The van der Waals surface area contributed by atoms with Gasteiger partial charge in [0.1, 0.15) is 6.61 Å². The molecule has 4 rings (SSSR count). The Bertz CT molecular complexity index is 1390. The van der Waals surface area contributed by atoms with Gasteiger partial charge in [0, 0.05) is 28.9 Å². The van der Waals surface area contributed by atoms with Crippen LogP contribution in [0, 0.1) is 0 Å². The lowest BCUT2D eigenvalue weighted by Crippen LogP contribution is -2.25. The molecule has 0 spiro atoms. The predicted octanol–water partition coefficient (Wildman–Crippen LogP) is 6.83. The number of aromatic nitrogens is 1. The monoisotopic (exact) mass is 540 g/mol. The molecule has 1 heterocycles. The van der Waals surface area contributed by atoms with Crippen molar-refractivity contribution in [2.24, 2.45) is 0 Å². The number of thiazole rings is 1. The van der Waals surface area contributed by atoms with Crippen molar-refractivity contribution in [2.75, 3.05) is 17.2 Å². The molecular weight excluding hydrogens is 517 g/mol. The minimum Gasteiger partial charge on any atom is -0.449 e. The number of hydrogen-bond donors (Lipinski definition) is 3. The second-order valence-corrected chi connectivity index (χ2v) is 8.95. The Kier molecular flexibility index (Phi) is 8.59. The molecule has 0 atom stereocenters. The normalized spacial score (nSPS) is 11.0. The quantitative estimate of drug-likeness (QED) is 0.217. The first-order chi connectivity index (χ1) is 18.3. The number of hydrogen-bond acceptors (Lipinski definition) is 6. The number of halogens is 3. The smallest absolute Gasteiger partial charge is 0.416 e. The molecule has 38 heavy (non-hydrogen) atoms. The molecule has 3 aromatic carbocycles. The van der Waals surface area contributed by atoms with Crippen molar-refractivity contribution >= 4 is 39.8 Å². The Morgan fingerprint density at radius 2 is 1.68 bits per heavy atom. The summed E-state index contributed by atoms with van der Waals surface area (Å²) in [6.45, 7) is 0.245. The van der Waals surface area contributed by atoms with Crippen LogP contribution >= 0.6 is 11.3 Å². The summed E-state index contributed by atoms with van der Waals surface area (Å²) in [7, 11) is 0. The van der Waals surface area contributed by atoms with E-state index in [1.165, 1.54) is 23.5 Å². The van der Waals surface area contributed by atoms with E-state index in [-0.39, 0.29) is 24.6 Å². The molecule has 196 valence electrons. The molecule has 0 saturated heterocycles. The number of nitrogens with zero attached hydrogens (tertiary/aromatic N) is 1. The lowest BCUT2D eigenvalue weighted by molar-refractivity contribution is -0.137. The summed E-state index contributed by atoms with van der Waals surface area (Å²) in [5, 5.41) is 10.5. The van der Waals surface area contributed by atoms with Gasteiger partial charge in [-0.05, 0) is 35.9 Å². The van der Waals surface area contributed by atoms with Gasteiger partial charge in [-0.15, -0.1) is 11.3 Å². The molecule has 0 saturated carbocycles. The highest BCUT2D eigenvalue weighted by atomic mass is 32.1. The third-order valence-corrected chi connectivity index (χ3v) is 5.99. The van der Waals surface area contributed by atoms with Crippen molar-refractivity contribution in [2.45, 2.75) is 19.1 Å². The van der Waals surface area contributed by atoms with Crippen LogP contribution in [-0.4, -0.2) is 23.6 Å². The molecule has 0 aliphatic heterocycles. The maximum Gasteiger partial charge on any atom is 0.416 e. The molecule has 0 bridgehead atoms. The number of alkyl halides is 3. The number of benzene rings is 3. The average Bonchev–Trinajstić information content (AvgIpc) is 3.36. The van der Waals surface area contributed by atoms with Crippen LogP contribution in [0.15, 0.2) is 84.2 Å². The molecule has 0 fully saturated rings. The van der Waals surface area contributed by atoms with Crippen molar-refractivity contribution in [3.05, 3.63) is 95.4 Å². The molecular formula is C27H23F3N4O3S. The van der Waals surface area contributed by atoms with Gasteiger partial charge in [0.15, 0.2) is 5.13 Å². The first-order valence-corrected chi connectivity index (χ1v) is 12.4. The summed E-state index contributed by atoms with van der Waals surface area (Å²) < 4.78 is 43.9. The number of rotatable bonds is 9. The molecule has 2 amide bonds. The number of amides is 2. The molecule has 0 unspecified atom stereocenters. The van der Waals surface area contributed by atoms with Gasteiger partial charge in [0.05, 0.1) is 17.7 Å². The number of alkyl carbamates (subject to hydrolysis) is 1. The van der Waals surface area contributed by atoms with Gasteiger partial charge in [0.2, 0.25) is 5.91 Å². The zero-order chi connectivity index (χ0) is 27.0. The van der Waals surface area contributed by atoms with Crippen LogP contribution in [0.4, 0.5) is 34.5 Å². The van der Waals surface area contributed by atoms with E-state index in [9.17, 15) is 22.8 Å². The Morgan fingerprint density at radius 3 is 2.47 bits per heavy atom. The van der Waals surface area contributed by atoms with Crippen LogP contribution in [0.25, 0.3) is 11.3 Å². The maximum atomic E-state index is 13.0. The Hall–Kier alpha value is -4.38. The molecule has 0 aliphatic carbocycles. The van der Waals surface area contributed by atoms with Crippen LogP contribution in [0.5, 0.6) is 0 Å². The Balaban J connectivity index is 1.27. The van der Waals surface area contributed by atoms with Crippen molar-refractivity contribution in [3.8, 4) is 11.3 Å². The van der Waals surface area contributed by atoms with Gasteiger partial charge < -0.3 is 20.7 Å². The predicted molar refractivity (Wildman–Crippen MR) is 140 cm³/mol. The number of ether oxygens (including phenoxy) is 1. The van der Waals surface area contributed by atoms with E-state index in [2.05, 4.69) is 20.9 Å². The highest BCUT2D eigenvalue weighted by molar-refractivity contribution is 7.14.